The van der Waals surface area contributed by atoms with E-state index in [4.69, 9.17) is 15.2 Å². The Labute approximate surface area is 124 Å². The van der Waals surface area contributed by atoms with Gasteiger partial charge >= 0.3 is 0 Å². The minimum Gasteiger partial charge on any atom is -0.497 e. The van der Waals surface area contributed by atoms with Gasteiger partial charge in [0.05, 0.1) is 7.11 Å². The van der Waals surface area contributed by atoms with E-state index in [9.17, 15) is 4.79 Å². The quantitative estimate of drug-likeness (QED) is 0.930. The van der Waals surface area contributed by atoms with Crippen molar-refractivity contribution in [3.63, 3.8) is 0 Å². The fourth-order valence-corrected chi connectivity index (χ4v) is 1.80. The largest absolute Gasteiger partial charge is 0.497 e. The van der Waals surface area contributed by atoms with Crippen molar-refractivity contribution in [3.05, 3.63) is 46.1 Å². The molecule has 6 heteroatoms. The number of hydrogen-bond acceptors (Lipinski definition) is 4. The number of ether oxygens (including phenoxy) is 2. The highest BCUT2D eigenvalue weighted by Crippen LogP contribution is 2.28. The standard InChI is InChI=1S/C14H13BrN2O3/c1-8-3-13(17-7-12(8)15)20-11-5-9(14(16)18)4-10(6-11)19-2/h3-7H,1-2H3,(H2,16,18). The first-order chi connectivity index (χ1) is 9.49. The van der Waals surface area contributed by atoms with Crippen molar-refractivity contribution < 1.29 is 14.3 Å². The lowest BCUT2D eigenvalue weighted by molar-refractivity contribution is 0.0999. The summed E-state index contributed by atoms with van der Waals surface area (Å²) in [5.41, 5.74) is 6.58. The molecule has 0 aliphatic rings. The molecule has 0 radical (unpaired) electrons. The Balaban J connectivity index is 2.34. The second kappa shape index (κ2) is 5.92. The molecule has 0 bridgehead atoms. The highest BCUT2D eigenvalue weighted by Gasteiger charge is 2.08. The molecule has 1 aromatic carbocycles. The predicted octanol–water partition coefficient (Wildman–Crippen LogP) is 3.05. The molecule has 0 saturated heterocycles. The number of halogens is 1. The second-order valence-electron chi connectivity index (χ2n) is 4.14. The third kappa shape index (κ3) is 3.27. The van der Waals surface area contributed by atoms with E-state index in [-0.39, 0.29) is 0 Å². The smallest absolute Gasteiger partial charge is 0.248 e. The molecule has 104 valence electrons. The number of methoxy groups -OCH3 is 1. The molecule has 2 N–H and O–H groups in total. The monoisotopic (exact) mass is 336 g/mol. The molecule has 5 nitrogen and oxygen atoms in total. The van der Waals surface area contributed by atoms with Crippen LogP contribution in [0.1, 0.15) is 15.9 Å². The number of rotatable bonds is 4. The highest BCUT2D eigenvalue weighted by atomic mass is 79.9. The van der Waals surface area contributed by atoms with Gasteiger partial charge in [-0.1, -0.05) is 0 Å². The fourth-order valence-electron chi connectivity index (χ4n) is 1.58. The zero-order valence-electron chi connectivity index (χ0n) is 11.0. The molecule has 1 amide bonds. The van der Waals surface area contributed by atoms with Crippen LogP contribution in [0.25, 0.3) is 0 Å². The van der Waals surface area contributed by atoms with Crippen LogP contribution < -0.4 is 15.2 Å². The van der Waals surface area contributed by atoms with Crippen molar-refractivity contribution in [1.82, 2.24) is 4.98 Å². The van der Waals surface area contributed by atoms with E-state index in [1.54, 1.807) is 30.5 Å². The minimum atomic E-state index is -0.548. The van der Waals surface area contributed by atoms with Crippen LogP contribution in [0.15, 0.2) is 34.9 Å². The van der Waals surface area contributed by atoms with Crippen molar-refractivity contribution in [1.29, 1.82) is 0 Å². The molecule has 0 saturated carbocycles. The van der Waals surface area contributed by atoms with E-state index >= 15 is 0 Å². The summed E-state index contributed by atoms with van der Waals surface area (Å²) in [7, 11) is 1.51. The number of aromatic nitrogens is 1. The summed E-state index contributed by atoms with van der Waals surface area (Å²) in [6, 6.07) is 6.54. The van der Waals surface area contributed by atoms with Gasteiger partial charge in [-0.3, -0.25) is 4.79 Å². The average Bonchev–Trinajstić information content (AvgIpc) is 2.42. The minimum absolute atomic E-state index is 0.313. The molecule has 20 heavy (non-hydrogen) atoms. The van der Waals surface area contributed by atoms with Crippen LogP contribution in [-0.2, 0) is 0 Å². The van der Waals surface area contributed by atoms with Gasteiger partial charge in [-0.25, -0.2) is 4.98 Å². The van der Waals surface area contributed by atoms with E-state index in [0.717, 1.165) is 10.0 Å². The average molecular weight is 337 g/mol. The van der Waals surface area contributed by atoms with Gasteiger partial charge in [0, 0.05) is 28.4 Å². The van der Waals surface area contributed by atoms with Crippen molar-refractivity contribution >= 4 is 21.8 Å². The SMILES string of the molecule is COc1cc(Oc2cc(C)c(Br)cn2)cc(C(N)=O)c1. The Morgan fingerprint density at radius 1 is 1.25 bits per heavy atom. The molecule has 0 spiro atoms. The Morgan fingerprint density at radius 3 is 2.55 bits per heavy atom. The van der Waals surface area contributed by atoms with Gasteiger partial charge in [-0.15, -0.1) is 0 Å². The van der Waals surface area contributed by atoms with E-state index in [2.05, 4.69) is 20.9 Å². The first-order valence-electron chi connectivity index (χ1n) is 5.78. The molecular weight excluding hydrogens is 324 g/mol. The van der Waals surface area contributed by atoms with E-state index in [1.165, 1.54) is 7.11 Å². The van der Waals surface area contributed by atoms with Gasteiger partial charge in [-0.05, 0) is 40.5 Å². The Bertz CT molecular complexity index is 659. The predicted molar refractivity (Wildman–Crippen MR) is 78.3 cm³/mol. The lowest BCUT2D eigenvalue weighted by atomic mass is 10.2. The second-order valence-corrected chi connectivity index (χ2v) is 4.99. The van der Waals surface area contributed by atoms with Crippen molar-refractivity contribution in [2.45, 2.75) is 6.92 Å². The molecule has 0 aliphatic carbocycles. The number of primary amides is 1. The van der Waals surface area contributed by atoms with Crippen molar-refractivity contribution in [3.8, 4) is 17.4 Å². The van der Waals surface area contributed by atoms with Gasteiger partial charge in [0.25, 0.3) is 0 Å². The molecular formula is C14H13BrN2O3. The maximum absolute atomic E-state index is 11.3. The van der Waals surface area contributed by atoms with Crippen LogP contribution in [0.2, 0.25) is 0 Å². The lowest BCUT2D eigenvalue weighted by Gasteiger charge is -2.09. The number of amides is 1. The third-order valence-electron chi connectivity index (χ3n) is 2.64. The third-order valence-corrected chi connectivity index (χ3v) is 3.47. The first-order valence-corrected chi connectivity index (χ1v) is 6.58. The number of nitrogens with two attached hydrogens (primary N) is 1. The topological polar surface area (TPSA) is 74.4 Å². The number of aryl methyl sites for hydroxylation is 1. The van der Waals surface area contributed by atoms with Crippen LogP contribution in [0, 0.1) is 6.92 Å². The van der Waals surface area contributed by atoms with Crippen molar-refractivity contribution in [2.75, 3.05) is 7.11 Å². The summed E-state index contributed by atoms with van der Waals surface area (Å²) in [6.45, 7) is 1.93. The number of pyridine rings is 1. The Morgan fingerprint density at radius 2 is 1.95 bits per heavy atom. The molecule has 0 atom stereocenters. The van der Waals surface area contributed by atoms with Gasteiger partial charge in [0.15, 0.2) is 0 Å². The molecule has 2 rings (SSSR count). The fraction of sp³-hybridized carbons (Fsp3) is 0.143. The first kappa shape index (κ1) is 14.3. The van der Waals surface area contributed by atoms with Crippen LogP contribution in [-0.4, -0.2) is 18.0 Å². The number of carbonyl (C=O) groups is 1. The van der Waals surface area contributed by atoms with Crippen LogP contribution in [0.3, 0.4) is 0 Å². The highest BCUT2D eigenvalue weighted by molar-refractivity contribution is 9.10. The molecule has 1 aromatic heterocycles. The van der Waals surface area contributed by atoms with E-state index in [1.807, 2.05) is 6.92 Å². The summed E-state index contributed by atoms with van der Waals surface area (Å²) in [6.07, 6.45) is 1.65. The van der Waals surface area contributed by atoms with Gasteiger partial charge in [0.1, 0.15) is 11.5 Å². The Kier molecular flexibility index (Phi) is 4.24. The van der Waals surface area contributed by atoms with Crippen LogP contribution >= 0.6 is 15.9 Å². The summed E-state index contributed by atoms with van der Waals surface area (Å²) >= 11 is 3.37. The van der Waals surface area contributed by atoms with E-state index in [0.29, 0.717) is 22.9 Å². The maximum atomic E-state index is 11.3. The van der Waals surface area contributed by atoms with Gasteiger partial charge < -0.3 is 15.2 Å². The molecule has 2 aromatic rings. The van der Waals surface area contributed by atoms with E-state index < -0.39 is 5.91 Å². The number of carbonyl (C=O) groups excluding carboxylic acids is 1. The number of nitrogens with zero attached hydrogens (tertiary/aromatic N) is 1. The lowest BCUT2D eigenvalue weighted by Crippen LogP contribution is -2.11. The van der Waals surface area contributed by atoms with Gasteiger partial charge in [0.2, 0.25) is 11.8 Å². The molecule has 0 aliphatic heterocycles. The normalized spacial score (nSPS) is 10.2. The Hall–Kier alpha value is -2.08. The molecule has 1 heterocycles. The molecule has 0 fully saturated rings. The zero-order valence-corrected chi connectivity index (χ0v) is 12.6. The number of hydrogen-bond donors (Lipinski definition) is 1. The van der Waals surface area contributed by atoms with Crippen LogP contribution in [0.5, 0.6) is 17.4 Å². The zero-order chi connectivity index (χ0) is 14.7. The van der Waals surface area contributed by atoms with Gasteiger partial charge in [-0.2, -0.15) is 0 Å². The maximum Gasteiger partial charge on any atom is 0.248 e. The summed E-state index contributed by atoms with van der Waals surface area (Å²) < 4.78 is 11.6. The van der Waals surface area contributed by atoms with Crippen LogP contribution in [0.4, 0.5) is 0 Å². The summed E-state index contributed by atoms with van der Waals surface area (Å²) in [4.78, 5) is 15.4. The van der Waals surface area contributed by atoms with Crippen molar-refractivity contribution in [2.24, 2.45) is 5.73 Å². The summed E-state index contributed by atoms with van der Waals surface area (Å²) in [5, 5.41) is 0. The number of benzene rings is 1. The molecule has 0 unspecified atom stereocenters. The summed E-state index contributed by atoms with van der Waals surface area (Å²) in [5.74, 6) is 0.806.